The molecule has 0 saturated carbocycles. The van der Waals surface area contributed by atoms with E-state index in [0.717, 1.165) is 0 Å². The van der Waals surface area contributed by atoms with Crippen LogP contribution in [0.15, 0.2) is 0 Å². The Hall–Kier alpha value is 0.610. The summed E-state index contributed by atoms with van der Waals surface area (Å²) < 4.78 is 10.9. The van der Waals surface area contributed by atoms with Crippen molar-refractivity contribution < 1.29 is 14.6 Å². The first-order valence-corrected chi connectivity index (χ1v) is 5.04. The van der Waals surface area contributed by atoms with Crippen molar-refractivity contribution in [3.63, 3.8) is 0 Å². The van der Waals surface area contributed by atoms with E-state index < -0.39 is 0 Å². The summed E-state index contributed by atoms with van der Waals surface area (Å²) in [7, 11) is 0. The van der Waals surface area contributed by atoms with Gasteiger partial charge in [-0.1, -0.05) is 29.5 Å². The summed E-state index contributed by atoms with van der Waals surface area (Å²) in [5.74, 6) is 0.204. The van der Waals surface area contributed by atoms with Crippen LogP contribution in [0.1, 0.15) is 6.92 Å². The smallest absolute Gasteiger partial charge is 0.172 e. The maximum atomic E-state index is 9.66. The molecule has 0 aromatic carbocycles. The SMILES string of the molecule is C[C@H]1[C@H](O)[C@@H](I)C2OC[C@H]1O2. The summed E-state index contributed by atoms with van der Waals surface area (Å²) >= 11 is 2.19. The van der Waals surface area contributed by atoms with E-state index in [1.807, 2.05) is 6.92 Å². The van der Waals surface area contributed by atoms with Gasteiger partial charge in [0.15, 0.2) is 6.29 Å². The van der Waals surface area contributed by atoms with Gasteiger partial charge in [0.25, 0.3) is 0 Å². The monoisotopic (exact) mass is 270 g/mol. The Kier molecular flexibility index (Phi) is 2.11. The van der Waals surface area contributed by atoms with Gasteiger partial charge < -0.3 is 14.6 Å². The van der Waals surface area contributed by atoms with Gasteiger partial charge in [0.05, 0.1) is 22.7 Å². The summed E-state index contributed by atoms with van der Waals surface area (Å²) in [5, 5.41) is 9.66. The molecule has 2 heterocycles. The minimum Gasteiger partial charge on any atom is -0.391 e. The second kappa shape index (κ2) is 2.83. The molecule has 1 unspecified atom stereocenters. The van der Waals surface area contributed by atoms with Crippen LogP contribution in [0.4, 0.5) is 0 Å². The van der Waals surface area contributed by atoms with Gasteiger partial charge >= 0.3 is 0 Å². The molecule has 2 fully saturated rings. The number of aliphatic hydroxyl groups is 1. The lowest BCUT2D eigenvalue weighted by Gasteiger charge is -2.33. The van der Waals surface area contributed by atoms with E-state index in [2.05, 4.69) is 22.6 Å². The Balaban J connectivity index is 2.16. The van der Waals surface area contributed by atoms with Crippen molar-refractivity contribution in [2.45, 2.75) is 29.3 Å². The van der Waals surface area contributed by atoms with Crippen LogP contribution in [0.25, 0.3) is 0 Å². The number of hydrogen-bond acceptors (Lipinski definition) is 3. The van der Waals surface area contributed by atoms with E-state index in [4.69, 9.17) is 9.47 Å². The van der Waals surface area contributed by atoms with E-state index in [1.165, 1.54) is 0 Å². The molecule has 0 aromatic rings. The van der Waals surface area contributed by atoms with E-state index in [9.17, 15) is 5.11 Å². The first kappa shape index (κ1) is 8.22. The van der Waals surface area contributed by atoms with Crippen molar-refractivity contribution in [1.29, 1.82) is 0 Å². The molecule has 11 heavy (non-hydrogen) atoms. The van der Waals surface area contributed by atoms with Gasteiger partial charge in [-0.05, 0) is 0 Å². The van der Waals surface area contributed by atoms with Crippen LogP contribution in [0.2, 0.25) is 0 Å². The van der Waals surface area contributed by atoms with Crippen molar-refractivity contribution in [3.05, 3.63) is 0 Å². The molecule has 2 saturated heterocycles. The van der Waals surface area contributed by atoms with Gasteiger partial charge in [-0.2, -0.15) is 0 Å². The third-order valence-electron chi connectivity index (χ3n) is 2.45. The molecule has 2 bridgehead atoms. The van der Waals surface area contributed by atoms with E-state index >= 15 is 0 Å². The average molecular weight is 270 g/mol. The molecule has 3 nitrogen and oxygen atoms in total. The third-order valence-corrected chi connectivity index (χ3v) is 3.77. The maximum absolute atomic E-state index is 9.66. The third kappa shape index (κ3) is 1.20. The number of halogens is 1. The second-order valence-electron chi connectivity index (χ2n) is 3.17. The number of rotatable bonds is 0. The molecule has 0 radical (unpaired) electrons. The Labute approximate surface area is 79.2 Å². The molecule has 4 heteroatoms. The van der Waals surface area contributed by atoms with Crippen LogP contribution in [0.5, 0.6) is 0 Å². The summed E-state index contributed by atoms with van der Waals surface area (Å²) in [6.45, 7) is 2.65. The van der Waals surface area contributed by atoms with Crippen LogP contribution >= 0.6 is 22.6 Å². The molecule has 2 aliphatic rings. The first-order chi connectivity index (χ1) is 5.20. The van der Waals surface area contributed by atoms with Crippen molar-refractivity contribution in [2.24, 2.45) is 5.92 Å². The van der Waals surface area contributed by atoms with E-state index in [0.29, 0.717) is 6.61 Å². The minimum absolute atomic E-state index is 0.0846. The standard InChI is InChI=1S/C7H11IO3/c1-3-4-2-10-7(11-4)5(8)6(3)9/h3-7,9H,2H2,1H3/t3-,4-,5-,6+,7?/m1/s1. The van der Waals surface area contributed by atoms with Crippen LogP contribution in [0.3, 0.4) is 0 Å². The fourth-order valence-electron chi connectivity index (χ4n) is 1.55. The number of hydrogen-bond donors (Lipinski definition) is 1. The normalized spacial score (nSPS) is 56.5. The highest BCUT2D eigenvalue weighted by Gasteiger charge is 2.46. The summed E-state index contributed by atoms with van der Waals surface area (Å²) in [6, 6.07) is 0. The van der Waals surface area contributed by atoms with Gasteiger partial charge in [0, 0.05) is 5.92 Å². The summed E-state index contributed by atoms with van der Waals surface area (Å²) in [5.41, 5.74) is 0. The molecule has 0 amide bonds. The molecular formula is C7H11IO3. The summed E-state index contributed by atoms with van der Waals surface area (Å²) in [6.07, 6.45) is -0.338. The number of aliphatic hydroxyl groups excluding tert-OH is 1. The second-order valence-corrected chi connectivity index (χ2v) is 4.61. The molecule has 0 spiro atoms. The van der Waals surface area contributed by atoms with Gasteiger partial charge in [-0.3, -0.25) is 0 Å². The highest BCUT2D eigenvalue weighted by molar-refractivity contribution is 14.1. The van der Waals surface area contributed by atoms with Crippen LogP contribution in [-0.4, -0.2) is 34.1 Å². The fourth-order valence-corrected chi connectivity index (χ4v) is 2.59. The Morgan fingerprint density at radius 1 is 1.55 bits per heavy atom. The van der Waals surface area contributed by atoms with Crippen molar-refractivity contribution in [2.75, 3.05) is 6.61 Å². The molecule has 5 atom stereocenters. The number of fused-ring (bicyclic) bond motifs is 2. The lowest BCUT2D eigenvalue weighted by molar-refractivity contribution is -0.127. The highest BCUT2D eigenvalue weighted by Crippen LogP contribution is 2.35. The lowest BCUT2D eigenvalue weighted by Crippen LogP contribution is -2.46. The van der Waals surface area contributed by atoms with Crippen molar-refractivity contribution in [1.82, 2.24) is 0 Å². The van der Waals surface area contributed by atoms with E-state index in [1.54, 1.807) is 0 Å². The average Bonchev–Trinajstić information content (AvgIpc) is 2.44. The highest BCUT2D eigenvalue weighted by atomic mass is 127. The number of alkyl halides is 1. The van der Waals surface area contributed by atoms with Crippen LogP contribution in [-0.2, 0) is 9.47 Å². The minimum atomic E-state index is -0.276. The molecule has 1 N–H and O–H groups in total. The van der Waals surface area contributed by atoms with Crippen LogP contribution < -0.4 is 0 Å². The van der Waals surface area contributed by atoms with Gasteiger partial charge in [-0.15, -0.1) is 0 Å². The van der Waals surface area contributed by atoms with Gasteiger partial charge in [0.1, 0.15) is 0 Å². The molecule has 0 aromatic heterocycles. The molecule has 2 rings (SSSR count). The predicted octanol–water partition coefficient (Wildman–Crippen LogP) is 0.542. The fraction of sp³-hybridized carbons (Fsp3) is 1.00. The molecule has 0 aliphatic carbocycles. The Bertz CT molecular complexity index is 144. The zero-order chi connectivity index (χ0) is 8.01. The first-order valence-electron chi connectivity index (χ1n) is 3.79. The molecule has 64 valence electrons. The lowest BCUT2D eigenvalue weighted by atomic mass is 9.95. The van der Waals surface area contributed by atoms with Crippen LogP contribution in [0, 0.1) is 5.92 Å². The van der Waals surface area contributed by atoms with Gasteiger partial charge in [-0.25, -0.2) is 0 Å². The zero-order valence-electron chi connectivity index (χ0n) is 6.24. The number of ether oxygens (including phenoxy) is 2. The van der Waals surface area contributed by atoms with Crippen molar-refractivity contribution >= 4 is 22.6 Å². The maximum Gasteiger partial charge on any atom is 0.172 e. The Morgan fingerprint density at radius 2 is 2.27 bits per heavy atom. The quantitative estimate of drug-likeness (QED) is 0.516. The van der Waals surface area contributed by atoms with Crippen molar-refractivity contribution in [3.8, 4) is 0 Å². The largest absolute Gasteiger partial charge is 0.391 e. The van der Waals surface area contributed by atoms with E-state index in [-0.39, 0.29) is 28.3 Å². The summed E-state index contributed by atoms with van der Waals surface area (Å²) in [4.78, 5) is 0. The topological polar surface area (TPSA) is 38.7 Å². The molecular weight excluding hydrogens is 259 g/mol. The predicted molar refractivity (Wildman–Crippen MR) is 47.6 cm³/mol. The Morgan fingerprint density at radius 3 is 3.00 bits per heavy atom. The van der Waals surface area contributed by atoms with Gasteiger partial charge in [0.2, 0.25) is 0 Å². The zero-order valence-corrected chi connectivity index (χ0v) is 8.39. The molecule has 2 aliphatic heterocycles.